The van der Waals surface area contributed by atoms with E-state index in [1.807, 2.05) is 36.0 Å². The fourth-order valence-corrected chi connectivity index (χ4v) is 9.39. The van der Waals surface area contributed by atoms with Crippen molar-refractivity contribution in [3.8, 4) is 22.6 Å². The van der Waals surface area contributed by atoms with Crippen molar-refractivity contribution >= 4 is 50.7 Å². The number of nitrogens with zero attached hydrogens (tertiary/aromatic N) is 4. The number of amides is 4. The van der Waals surface area contributed by atoms with E-state index in [-0.39, 0.29) is 41.3 Å². The number of methoxy groups -OCH3 is 2. The minimum absolute atomic E-state index is 0.0172. The number of benzene rings is 2. The van der Waals surface area contributed by atoms with E-state index in [0.717, 1.165) is 16.9 Å². The van der Waals surface area contributed by atoms with Gasteiger partial charge in [0.25, 0.3) is 23.3 Å². The molecule has 5 heterocycles. The first-order valence-electron chi connectivity index (χ1n) is 19.7. The summed E-state index contributed by atoms with van der Waals surface area (Å²) < 4.78 is 60.2. The lowest BCUT2D eigenvalue weighted by molar-refractivity contribution is -0.134. The Morgan fingerprint density at radius 1 is 0.950 bits per heavy atom. The molecule has 3 fully saturated rings. The molecular formula is C42H48F3N7O7S. The molecule has 18 heteroatoms. The first-order valence-corrected chi connectivity index (χ1v) is 20.5. The Morgan fingerprint density at radius 3 is 2.27 bits per heavy atom. The second-order valence-electron chi connectivity index (χ2n) is 15.8. The number of pyridine rings is 1. The average Bonchev–Trinajstić information content (AvgIpc) is 3.67. The second kappa shape index (κ2) is 17.3. The number of thiophene rings is 1. The van der Waals surface area contributed by atoms with Crippen LogP contribution in [0.2, 0.25) is 0 Å². The molecule has 3 aliphatic heterocycles. The summed E-state index contributed by atoms with van der Waals surface area (Å²) >= 11 is 1.07. The first kappa shape index (κ1) is 42.7. The maximum Gasteiger partial charge on any atom is 0.280 e. The van der Waals surface area contributed by atoms with Crippen LogP contribution in [0.4, 0.5) is 18.9 Å². The molecule has 7 rings (SSSR count). The molecule has 320 valence electrons. The van der Waals surface area contributed by atoms with E-state index in [4.69, 9.17) is 9.47 Å². The van der Waals surface area contributed by atoms with Gasteiger partial charge in [-0.1, -0.05) is 0 Å². The number of ether oxygens (including phenoxy) is 2. The third-order valence-corrected chi connectivity index (χ3v) is 12.7. The van der Waals surface area contributed by atoms with Crippen molar-refractivity contribution in [2.24, 2.45) is 7.05 Å². The lowest BCUT2D eigenvalue weighted by Gasteiger charge is -2.45. The van der Waals surface area contributed by atoms with Gasteiger partial charge in [-0.3, -0.25) is 34.2 Å². The third-order valence-electron chi connectivity index (χ3n) is 11.5. The highest BCUT2D eigenvalue weighted by atomic mass is 32.1. The molecule has 3 aliphatic rings. The van der Waals surface area contributed by atoms with Gasteiger partial charge >= 0.3 is 0 Å². The van der Waals surface area contributed by atoms with Crippen LogP contribution in [0.3, 0.4) is 0 Å². The van der Waals surface area contributed by atoms with Gasteiger partial charge in [0.2, 0.25) is 11.8 Å². The number of carbonyl (C=O) groups excluding carboxylic acids is 4. The Hall–Kier alpha value is -5.46. The molecule has 4 amide bonds. The summed E-state index contributed by atoms with van der Waals surface area (Å²) in [6, 6.07) is 6.86. The van der Waals surface area contributed by atoms with Gasteiger partial charge in [0.05, 0.1) is 48.2 Å². The van der Waals surface area contributed by atoms with E-state index < -0.39 is 54.0 Å². The first-order chi connectivity index (χ1) is 28.6. The van der Waals surface area contributed by atoms with E-state index >= 15 is 13.2 Å². The maximum absolute atomic E-state index is 15.8. The summed E-state index contributed by atoms with van der Waals surface area (Å²) in [4.78, 5) is 68.9. The smallest absolute Gasteiger partial charge is 0.280 e. The highest BCUT2D eigenvalue weighted by molar-refractivity contribution is 7.21. The standard InChI is InChI=1S/C42H48F3N7O7S/c1-49(2)20-29-32(58-4)16-23(17-33(29)59-5)28-21-50(3)41(57)27-19-34(60-37(27)28)40(56)47-35-12-15-52(22-42(35,44)45)24-10-13-51(14-11-24)25-6-7-26(30(43)18-25)38(54)46-31-8-9-36(53)48-39(31)55/h6-7,16-19,21,24,31,35H,8-15,20,22H2,1-5H3,(H,46,54)(H,47,56)(H,48,53,55). The van der Waals surface area contributed by atoms with Crippen LogP contribution < -0.4 is 35.9 Å². The topological polar surface area (TPSA) is 155 Å². The van der Waals surface area contributed by atoms with Crippen LogP contribution in [-0.2, 0) is 23.2 Å². The van der Waals surface area contributed by atoms with E-state index in [2.05, 4.69) is 16.0 Å². The molecule has 2 aromatic carbocycles. The number of carbonyl (C=O) groups is 4. The minimum atomic E-state index is -3.24. The van der Waals surface area contributed by atoms with Gasteiger partial charge in [-0.25, -0.2) is 13.2 Å². The molecule has 2 aromatic heterocycles. The normalized spacial score (nSPS) is 20.0. The molecule has 4 aromatic rings. The number of anilines is 1. The molecule has 0 radical (unpaired) electrons. The number of aryl methyl sites for hydroxylation is 1. The monoisotopic (exact) mass is 851 g/mol. The SMILES string of the molecule is COc1cc(-c2cn(C)c(=O)c3cc(C(=O)NC4CCN(C5CCN(c6ccc(C(=O)NC7CCC(=O)NC7=O)c(F)c6)CC5)CC4(F)F)sc23)cc(OC)c1CN(C)C. The molecule has 14 nitrogen and oxygen atoms in total. The predicted octanol–water partition coefficient (Wildman–Crippen LogP) is 4.13. The quantitative estimate of drug-likeness (QED) is 0.188. The van der Waals surface area contributed by atoms with Gasteiger partial charge in [-0.15, -0.1) is 11.3 Å². The number of rotatable bonds is 11. The van der Waals surface area contributed by atoms with Gasteiger partial charge in [0.15, 0.2) is 0 Å². The van der Waals surface area contributed by atoms with Gasteiger partial charge in [-0.05, 0) is 81.7 Å². The van der Waals surface area contributed by atoms with Crippen molar-refractivity contribution < 1.29 is 41.8 Å². The molecule has 3 N–H and O–H groups in total. The van der Waals surface area contributed by atoms with Gasteiger partial charge < -0.3 is 34.5 Å². The zero-order valence-electron chi connectivity index (χ0n) is 34.0. The van der Waals surface area contributed by atoms with Gasteiger partial charge in [-0.2, -0.15) is 0 Å². The van der Waals surface area contributed by atoms with E-state index in [1.54, 1.807) is 38.4 Å². The summed E-state index contributed by atoms with van der Waals surface area (Å²) in [6.07, 6.45) is 2.98. The highest BCUT2D eigenvalue weighted by Crippen LogP contribution is 2.40. The van der Waals surface area contributed by atoms with Crippen molar-refractivity contribution in [1.29, 1.82) is 0 Å². The summed E-state index contributed by atoms with van der Waals surface area (Å²) in [5.41, 5.74) is 2.18. The van der Waals surface area contributed by atoms with E-state index in [0.29, 0.717) is 77.4 Å². The number of piperidine rings is 3. The molecule has 3 saturated heterocycles. The summed E-state index contributed by atoms with van der Waals surface area (Å²) in [5.74, 6) is -5.34. The largest absolute Gasteiger partial charge is 0.496 e. The number of hydrogen-bond acceptors (Lipinski definition) is 11. The van der Waals surface area contributed by atoms with Crippen LogP contribution >= 0.6 is 11.3 Å². The van der Waals surface area contributed by atoms with Crippen molar-refractivity contribution in [3.63, 3.8) is 0 Å². The van der Waals surface area contributed by atoms with Crippen molar-refractivity contribution in [2.75, 3.05) is 59.4 Å². The third kappa shape index (κ3) is 8.72. The Kier molecular flexibility index (Phi) is 12.3. The maximum atomic E-state index is 15.8. The van der Waals surface area contributed by atoms with Gasteiger partial charge in [0, 0.05) is 67.8 Å². The zero-order chi connectivity index (χ0) is 43.0. The van der Waals surface area contributed by atoms with Crippen LogP contribution in [0.25, 0.3) is 21.2 Å². The summed E-state index contributed by atoms with van der Waals surface area (Å²) in [5, 5.41) is 7.50. The second-order valence-corrected chi connectivity index (χ2v) is 16.9. The van der Waals surface area contributed by atoms with Crippen LogP contribution in [0, 0.1) is 5.82 Å². The van der Waals surface area contributed by atoms with Crippen LogP contribution in [-0.4, -0.2) is 117 Å². The Bertz CT molecular complexity index is 2370. The molecule has 60 heavy (non-hydrogen) atoms. The minimum Gasteiger partial charge on any atom is -0.496 e. The number of alkyl halides is 2. The fraction of sp³-hybridized carbons (Fsp3) is 0.452. The average molecular weight is 852 g/mol. The van der Waals surface area contributed by atoms with E-state index in [9.17, 15) is 24.0 Å². The number of nitrogens with one attached hydrogen (secondary N) is 3. The molecule has 2 unspecified atom stereocenters. The molecule has 0 bridgehead atoms. The van der Waals surface area contributed by atoms with E-state index in [1.165, 1.54) is 22.8 Å². The molecule has 0 aliphatic carbocycles. The Labute approximate surface area is 348 Å². The van der Waals surface area contributed by atoms with Crippen molar-refractivity contribution in [2.45, 2.75) is 62.7 Å². The van der Waals surface area contributed by atoms with Crippen LogP contribution in [0.5, 0.6) is 11.5 Å². The number of fused-ring (bicyclic) bond motifs is 1. The van der Waals surface area contributed by atoms with Crippen molar-refractivity contribution in [3.05, 3.63) is 74.8 Å². The molecule has 2 atom stereocenters. The molecule has 0 spiro atoms. The lowest BCUT2D eigenvalue weighted by atomic mass is 9.95. The number of hydrogen-bond donors (Lipinski definition) is 3. The molecular weight excluding hydrogens is 804 g/mol. The Balaban J connectivity index is 0.983. The Morgan fingerprint density at radius 2 is 1.65 bits per heavy atom. The predicted molar refractivity (Wildman–Crippen MR) is 221 cm³/mol. The summed E-state index contributed by atoms with van der Waals surface area (Å²) in [7, 11) is 8.61. The number of halogens is 3. The van der Waals surface area contributed by atoms with Crippen molar-refractivity contribution in [1.82, 2.24) is 30.3 Å². The molecule has 0 saturated carbocycles. The zero-order valence-corrected chi connectivity index (χ0v) is 34.8. The van der Waals surface area contributed by atoms with Gasteiger partial charge in [0.1, 0.15) is 23.4 Å². The number of likely N-dealkylation sites (tertiary alicyclic amines) is 1. The number of aromatic nitrogens is 1. The fourth-order valence-electron chi connectivity index (χ4n) is 8.31. The van der Waals surface area contributed by atoms with Crippen LogP contribution in [0.1, 0.15) is 57.7 Å². The van der Waals surface area contributed by atoms with Crippen LogP contribution in [0.15, 0.2) is 47.4 Å². The highest BCUT2D eigenvalue weighted by Gasteiger charge is 2.47. The number of imide groups is 1. The summed E-state index contributed by atoms with van der Waals surface area (Å²) in [6.45, 7) is 1.30. The lowest BCUT2D eigenvalue weighted by Crippen LogP contribution is -2.61.